The van der Waals surface area contributed by atoms with Crippen LogP contribution in [-0.4, -0.2) is 17.3 Å². The SMILES string of the molecule is CC1CC(C)CC(NC(=O)CCBr)C1. The molecule has 2 atom stereocenters. The zero-order chi connectivity index (χ0) is 10.6. The van der Waals surface area contributed by atoms with Crippen LogP contribution in [0.3, 0.4) is 0 Å². The summed E-state index contributed by atoms with van der Waals surface area (Å²) in [5, 5.41) is 3.87. The molecule has 0 aliphatic heterocycles. The number of hydrogen-bond donors (Lipinski definition) is 1. The molecule has 0 aromatic rings. The van der Waals surface area contributed by atoms with Crippen molar-refractivity contribution < 1.29 is 4.79 Å². The van der Waals surface area contributed by atoms with Crippen molar-refractivity contribution >= 4 is 21.8 Å². The van der Waals surface area contributed by atoms with E-state index < -0.39 is 0 Å². The summed E-state index contributed by atoms with van der Waals surface area (Å²) in [6.07, 6.45) is 4.21. The number of halogens is 1. The van der Waals surface area contributed by atoms with Gasteiger partial charge in [-0.2, -0.15) is 0 Å². The summed E-state index contributed by atoms with van der Waals surface area (Å²) in [4.78, 5) is 11.4. The Morgan fingerprint density at radius 1 is 1.29 bits per heavy atom. The van der Waals surface area contributed by atoms with Crippen LogP contribution in [0.5, 0.6) is 0 Å². The molecular formula is C11H20BrNO. The number of carbonyl (C=O) groups is 1. The third-order valence-electron chi connectivity index (χ3n) is 2.87. The molecule has 0 bridgehead atoms. The Bertz CT molecular complexity index is 186. The smallest absolute Gasteiger partial charge is 0.221 e. The highest BCUT2D eigenvalue weighted by Gasteiger charge is 2.24. The molecule has 1 fully saturated rings. The number of nitrogens with one attached hydrogen (secondary N) is 1. The highest BCUT2D eigenvalue weighted by Crippen LogP contribution is 2.28. The van der Waals surface area contributed by atoms with Crippen LogP contribution < -0.4 is 5.32 Å². The lowest BCUT2D eigenvalue weighted by Crippen LogP contribution is -2.40. The highest BCUT2D eigenvalue weighted by atomic mass is 79.9. The van der Waals surface area contributed by atoms with Crippen molar-refractivity contribution in [3.8, 4) is 0 Å². The molecule has 1 rings (SSSR count). The summed E-state index contributed by atoms with van der Waals surface area (Å²) in [6.45, 7) is 4.55. The van der Waals surface area contributed by atoms with Crippen molar-refractivity contribution in [2.75, 3.05) is 5.33 Å². The molecule has 82 valence electrons. The van der Waals surface area contributed by atoms with Gasteiger partial charge in [-0.3, -0.25) is 4.79 Å². The van der Waals surface area contributed by atoms with Gasteiger partial charge in [0.2, 0.25) is 5.91 Å². The van der Waals surface area contributed by atoms with Crippen LogP contribution in [0.1, 0.15) is 39.5 Å². The van der Waals surface area contributed by atoms with Crippen LogP contribution in [0.2, 0.25) is 0 Å². The molecule has 1 saturated carbocycles. The fourth-order valence-electron chi connectivity index (χ4n) is 2.45. The standard InChI is InChI=1S/C11H20BrNO/c1-8-5-9(2)7-10(6-8)13-11(14)3-4-12/h8-10H,3-7H2,1-2H3,(H,13,14). The minimum atomic E-state index is 0.188. The largest absolute Gasteiger partial charge is 0.353 e. The van der Waals surface area contributed by atoms with Gasteiger partial charge in [0.1, 0.15) is 0 Å². The summed E-state index contributed by atoms with van der Waals surface area (Å²) in [7, 11) is 0. The van der Waals surface area contributed by atoms with E-state index in [0.717, 1.165) is 30.0 Å². The summed E-state index contributed by atoms with van der Waals surface area (Å²) >= 11 is 3.28. The molecule has 0 heterocycles. The molecule has 0 spiro atoms. The Morgan fingerprint density at radius 3 is 2.36 bits per heavy atom. The minimum Gasteiger partial charge on any atom is -0.353 e. The Hall–Kier alpha value is -0.0500. The highest BCUT2D eigenvalue weighted by molar-refractivity contribution is 9.09. The molecule has 1 amide bonds. The van der Waals surface area contributed by atoms with E-state index in [9.17, 15) is 4.79 Å². The first-order valence-electron chi connectivity index (χ1n) is 5.47. The molecular weight excluding hydrogens is 242 g/mol. The maximum absolute atomic E-state index is 11.4. The average molecular weight is 262 g/mol. The van der Waals surface area contributed by atoms with Crippen molar-refractivity contribution in [2.45, 2.75) is 45.6 Å². The van der Waals surface area contributed by atoms with E-state index in [-0.39, 0.29) is 5.91 Å². The lowest BCUT2D eigenvalue weighted by atomic mass is 9.80. The van der Waals surface area contributed by atoms with Gasteiger partial charge in [0.05, 0.1) is 0 Å². The van der Waals surface area contributed by atoms with Crippen LogP contribution in [0, 0.1) is 11.8 Å². The third kappa shape index (κ3) is 3.99. The number of alkyl halides is 1. The second kappa shape index (κ2) is 5.74. The van der Waals surface area contributed by atoms with E-state index >= 15 is 0 Å². The van der Waals surface area contributed by atoms with Crippen LogP contribution in [0.15, 0.2) is 0 Å². The Kier molecular flexibility index (Phi) is 4.93. The predicted molar refractivity (Wildman–Crippen MR) is 62.5 cm³/mol. The quantitative estimate of drug-likeness (QED) is 0.778. The van der Waals surface area contributed by atoms with Crippen molar-refractivity contribution in [1.29, 1.82) is 0 Å². The maximum Gasteiger partial charge on any atom is 0.221 e. The molecule has 0 radical (unpaired) electrons. The van der Waals surface area contributed by atoms with Gasteiger partial charge in [-0.1, -0.05) is 29.8 Å². The van der Waals surface area contributed by atoms with Gasteiger partial charge in [-0.25, -0.2) is 0 Å². The average Bonchev–Trinajstić information content (AvgIpc) is 2.01. The zero-order valence-electron chi connectivity index (χ0n) is 9.05. The molecule has 1 N–H and O–H groups in total. The first-order valence-corrected chi connectivity index (χ1v) is 6.59. The maximum atomic E-state index is 11.4. The molecule has 1 aliphatic carbocycles. The van der Waals surface area contributed by atoms with Crippen LogP contribution in [-0.2, 0) is 4.79 Å². The normalized spacial score (nSPS) is 32.6. The van der Waals surface area contributed by atoms with E-state index in [1.165, 1.54) is 6.42 Å². The topological polar surface area (TPSA) is 29.1 Å². The fourth-order valence-corrected chi connectivity index (χ4v) is 2.81. The van der Waals surface area contributed by atoms with Gasteiger partial charge in [0.25, 0.3) is 0 Å². The molecule has 2 unspecified atom stereocenters. The minimum absolute atomic E-state index is 0.188. The van der Waals surface area contributed by atoms with Crippen molar-refractivity contribution in [3.63, 3.8) is 0 Å². The van der Waals surface area contributed by atoms with Crippen LogP contribution in [0.4, 0.5) is 0 Å². The fraction of sp³-hybridized carbons (Fsp3) is 0.909. The Labute approximate surface area is 95.0 Å². The van der Waals surface area contributed by atoms with Crippen LogP contribution in [0.25, 0.3) is 0 Å². The van der Waals surface area contributed by atoms with Gasteiger partial charge >= 0.3 is 0 Å². The zero-order valence-corrected chi connectivity index (χ0v) is 10.6. The third-order valence-corrected chi connectivity index (χ3v) is 3.26. The molecule has 2 nitrogen and oxygen atoms in total. The van der Waals surface area contributed by atoms with Gasteiger partial charge in [-0.15, -0.1) is 0 Å². The monoisotopic (exact) mass is 261 g/mol. The first kappa shape index (κ1) is 12.0. The first-order chi connectivity index (χ1) is 6.61. The molecule has 3 heteroatoms. The summed E-state index contributed by atoms with van der Waals surface area (Å²) in [6, 6.07) is 0.417. The summed E-state index contributed by atoms with van der Waals surface area (Å²) in [5.74, 6) is 1.70. The number of hydrogen-bond acceptors (Lipinski definition) is 1. The summed E-state index contributed by atoms with van der Waals surface area (Å²) < 4.78 is 0. The van der Waals surface area contributed by atoms with Gasteiger partial charge in [0, 0.05) is 17.8 Å². The van der Waals surface area contributed by atoms with Crippen molar-refractivity contribution in [2.24, 2.45) is 11.8 Å². The number of rotatable bonds is 3. The summed E-state index contributed by atoms with van der Waals surface area (Å²) in [5.41, 5.74) is 0. The van der Waals surface area contributed by atoms with E-state index in [1.807, 2.05) is 0 Å². The lowest BCUT2D eigenvalue weighted by Gasteiger charge is -2.31. The molecule has 0 saturated heterocycles. The van der Waals surface area contributed by atoms with E-state index in [2.05, 4.69) is 35.1 Å². The number of amides is 1. The van der Waals surface area contributed by atoms with Gasteiger partial charge < -0.3 is 5.32 Å². The molecule has 0 aromatic carbocycles. The second-order valence-electron chi connectivity index (χ2n) is 4.62. The Balaban J connectivity index is 2.33. The van der Waals surface area contributed by atoms with Gasteiger partial charge in [0.15, 0.2) is 0 Å². The number of carbonyl (C=O) groups excluding carboxylic acids is 1. The predicted octanol–water partition coefficient (Wildman–Crippen LogP) is 2.71. The molecule has 0 aromatic heterocycles. The van der Waals surface area contributed by atoms with Crippen molar-refractivity contribution in [3.05, 3.63) is 0 Å². The van der Waals surface area contributed by atoms with E-state index in [0.29, 0.717) is 12.5 Å². The lowest BCUT2D eigenvalue weighted by molar-refractivity contribution is -0.121. The van der Waals surface area contributed by atoms with E-state index in [1.54, 1.807) is 0 Å². The molecule has 1 aliphatic rings. The second-order valence-corrected chi connectivity index (χ2v) is 5.41. The van der Waals surface area contributed by atoms with E-state index in [4.69, 9.17) is 0 Å². The van der Waals surface area contributed by atoms with Gasteiger partial charge in [-0.05, 0) is 31.1 Å². The van der Waals surface area contributed by atoms with Crippen molar-refractivity contribution in [1.82, 2.24) is 5.32 Å². The van der Waals surface area contributed by atoms with Crippen LogP contribution >= 0.6 is 15.9 Å². The molecule has 14 heavy (non-hydrogen) atoms. The Morgan fingerprint density at radius 2 is 1.86 bits per heavy atom.